The first-order chi connectivity index (χ1) is 21.4. The van der Waals surface area contributed by atoms with Gasteiger partial charge in [-0.25, -0.2) is 4.98 Å². The van der Waals surface area contributed by atoms with Gasteiger partial charge in [-0.3, -0.25) is 14.4 Å². The SMILES string of the molecule is CC1C(c2ccccc2)CC2NC(=O)c3ccc4c(c3)C[C@]3(C4)C(=O)Nc4ncc(cc43)/C=C\COCCOCCN1C2=O. The summed E-state index contributed by atoms with van der Waals surface area (Å²) in [7, 11) is 0. The van der Waals surface area contributed by atoms with Gasteiger partial charge in [-0.1, -0.05) is 48.6 Å². The standard InChI is InChI=1S/C35H36N4O5/c1-22-28(24-7-3-2-4-8-24)18-30-33(41)39(22)11-13-44-15-14-43-12-5-6-23-16-29-31(36-21-23)38-34(42)35(29)19-26-10-9-25(32(40)37-30)17-27(26)20-35/h2-10,16-17,21-22,28,30H,11-15,18-20H2,1H3,(H,37,40)(H,36,38,42)/b6-5-/t22?,28?,30?,35-/m0/s1. The third-order valence-corrected chi connectivity index (χ3v) is 9.59. The Balaban J connectivity index is 1.21. The van der Waals surface area contributed by atoms with E-state index >= 15 is 0 Å². The molecule has 7 rings (SSSR count). The molecule has 9 heteroatoms. The van der Waals surface area contributed by atoms with Gasteiger partial charge in [0.1, 0.15) is 11.9 Å². The largest absolute Gasteiger partial charge is 0.377 e. The first kappa shape index (κ1) is 28.4. The van der Waals surface area contributed by atoms with E-state index in [2.05, 4.69) is 34.7 Å². The van der Waals surface area contributed by atoms with Crippen molar-refractivity contribution >= 4 is 29.6 Å². The van der Waals surface area contributed by atoms with E-state index in [9.17, 15) is 14.4 Å². The second-order valence-electron chi connectivity index (χ2n) is 12.2. The number of hydrogen-bond acceptors (Lipinski definition) is 6. The molecule has 9 nitrogen and oxygen atoms in total. The highest BCUT2D eigenvalue weighted by Crippen LogP contribution is 2.47. The number of rotatable bonds is 1. The highest BCUT2D eigenvalue weighted by Gasteiger charge is 2.51. The number of pyridine rings is 1. The monoisotopic (exact) mass is 592 g/mol. The maximum Gasteiger partial charge on any atom is 0.251 e. The van der Waals surface area contributed by atoms with E-state index in [4.69, 9.17) is 9.47 Å². The molecule has 3 aromatic rings. The Morgan fingerprint density at radius 1 is 0.955 bits per heavy atom. The van der Waals surface area contributed by atoms with Gasteiger partial charge in [0.05, 0.1) is 31.8 Å². The molecule has 1 saturated heterocycles. The van der Waals surface area contributed by atoms with Crippen LogP contribution in [0.25, 0.3) is 6.08 Å². The smallest absolute Gasteiger partial charge is 0.251 e. The number of fused-ring (bicyclic) bond motifs is 4. The number of benzene rings is 2. The maximum atomic E-state index is 13.8. The number of amides is 3. The number of carbonyl (C=O) groups excluding carboxylic acids is 3. The van der Waals surface area contributed by atoms with Crippen molar-refractivity contribution in [2.24, 2.45) is 0 Å². The molecule has 4 heterocycles. The Hall–Kier alpha value is -4.34. The molecule has 3 aliphatic heterocycles. The Bertz CT molecular complexity index is 1640. The molecular formula is C35H36N4O5. The molecular weight excluding hydrogens is 556 g/mol. The average Bonchev–Trinajstić information content (AvgIpc) is 3.55. The van der Waals surface area contributed by atoms with Crippen molar-refractivity contribution in [2.45, 2.75) is 49.6 Å². The zero-order chi connectivity index (χ0) is 30.3. The van der Waals surface area contributed by atoms with Gasteiger partial charge in [0.15, 0.2) is 0 Å². The van der Waals surface area contributed by atoms with Gasteiger partial charge < -0.3 is 25.0 Å². The van der Waals surface area contributed by atoms with E-state index in [0.717, 1.165) is 27.8 Å². The Labute approximate surface area is 256 Å². The molecule has 1 aliphatic carbocycles. The summed E-state index contributed by atoms with van der Waals surface area (Å²) in [6, 6.07) is 17.1. The molecule has 1 fully saturated rings. The van der Waals surface area contributed by atoms with E-state index in [1.165, 1.54) is 0 Å². The Morgan fingerprint density at radius 3 is 2.64 bits per heavy atom. The highest BCUT2D eigenvalue weighted by molar-refractivity contribution is 6.06. The van der Waals surface area contributed by atoms with Gasteiger partial charge >= 0.3 is 0 Å². The fourth-order valence-electron chi connectivity index (χ4n) is 7.23. The fraction of sp³-hybridized carbons (Fsp3) is 0.371. The number of aromatic nitrogens is 1. The van der Waals surface area contributed by atoms with E-state index in [0.29, 0.717) is 63.6 Å². The molecule has 0 radical (unpaired) electrons. The van der Waals surface area contributed by atoms with Crippen LogP contribution in [0.2, 0.25) is 0 Å². The summed E-state index contributed by atoms with van der Waals surface area (Å²) in [6.45, 7) is 4.10. The number of hydrogen-bond donors (Lipinski definition) is 2. The highest BCUT2D eigenvalue weighted by atomic mass is 16.5. The summed E-state index contributed by atoms with van der Waals surface area (Å²) in [4.78, 5) is 47.2. The third-order valence-electron chi connectivity index (χ3n) is 9.59. The molecule has 3 amide bonds. The van der Waals surface area contributed by atoms with Crippen molar-refractivity contribution in [3.05, 3.63) is 100 Å². The Kier molecular flexibility index (Phi) is 7.52. The van der Waals surface area contributed by atoms with Crippen LogP contribution in [-0.4, -0.2) is 72.7 Å². The van der Waals surface area contributed by atoms with Crippen molar-refractivity contribution in [1.82, 2.24) is 15.2 Å². The number of piperidine rings is 1. The van der Waals surface area contributed by atoms with Gasteiger partial charge in [0.2, 0.25) is 11.8 Å². The lowest BCUT2D eigenvalue weighted by molar-refractivity contribution is -0.140. The van der Waals surface area contributed by atoms with Gasteiger partial charge in [0, 0.05) is 35.8 Å². The Morgan fingerprint density at radius 2 is 1.77 bits per heavy atom. The van der Waals surface area contributed by atoms with Crippen LogP contribution in [-0.2, 0) is 37.3 Å². The predicted molar refractivity (Wildman–Crippen MR) is 165 cm³/mol. The summed E-state index contributed by atoms with van der Waals surface area (Å²) < 4.78 is 11.6. The minimum Gasteiger partial charge on any atom is -0.377 e. The minimum atomic E-state index is -0.770. The normalized spacial score (nSPS) is 27.7. The van der Waals surface area contributed by atoms with Crippen LogP contribution in [0.4, 0.5) is 5.82 Å². The van der Waals surface area contributed by atoms with Gasteiger partial charge in [-0.15, -0.1) is 0 Å². The molecule has 1 aromatic heterocycles. The van der Waals surface area contributed by atoms with Crippen molar-refractivity contribution < 1.29 is 23.9 Å². The molecule has 3 unspecified atom stereocenters. The van der Waals surface area contributed by atoms with E-state index in [-0.39, 0.29) is 29.7 Å². The summed E-state index contributed by atoms with van der Waals surface area (Å²) in [5.41, 5.74) is 4.61. The average molecular weight is 593 g/mol. The number of nitrogens with zero attached hydrogens (tertiary/aromatic N) is 2. The van der Waals surface area contributed by atoms with Crippen LogP contribution in [0.1, 0.15) is 57.4 Å². The number of ether oxygens (including phenoxy) is 2. The zero-order valence-corrected chi connectivity index (χ0v) is 24.8. The van der Waals surface area contributed by atoms with Crippen molar-refractivity contribution in [2.75, 3.05) is 38.3 Å². The molecule has 0 saturated carbocycles. The predicted octanol–water partition coefficient (Wildman–Crippen LogP) is 3.63. The number of carbonyl (C=O) groups is 3. The lowest BCUT2D eigenvalue weighted by Gasteiger charge is -2.43. The van der Waals surface area contributed by atoms with E-state index in [1.54, 1.807) is 12.3 Å². The first-order valence-electron chi connectivity index (χ1n) is 15.3. The van der Waals surface area contributed by atoms with Crippen LogP contribution >= 0.6 is 0 Å². The van der Waals surface area contributed by atoms with Crippen LogP contribution in [0.15, 0.2) is 66.9 Å². The van der Waals surface area contributed by atoms with Crippen LogP contribution in [0.5, 0.6) is 0 Å². The lowest BCUT2D eigenvalue weighted by atomic mass is 9.79. The van der Waals surface area contributed by atoms with E-state index in [1.807, 2.05) is 53.5 Å². The number of nitrogens with one attached hydrogen (secondary N) is 2. The van der Waals surface area contributed by atoms with Gasteiger partial charge in [-0.2, -0.15) is 0 Å². The number of anilines is 1. The van der Waals surface area contributed by atoms with Crippen molar-refractivity contribution in [3.63, 3.8) is 0 Å². The quantitative estimate of drug-likeness (QED) is 0.447. The molecule has 1 spiro atoms. The van der Waals surface area contributed by atoms with E-state index < -0.39 is 11.5 Å². The van der Waals surface area contributed by atoms with Crippen LogP contribution < -0.4 is 10.6 Å². The molecule has 2 N–H and O–H groups in total. The van der Waals surface area contributed by atoms with Gasteiger partial charge in [0.25, 0.3) is 5.91 Å². The van der Waals surface area contributed by atoms with Gasteiger partial charge in [-0.05, 0) is 66.6 Å². The summed E-state index contributed by atoms with van der Waals surface area (Å²) in [5, 5.41) is 6.03. The van der Waals surface area contributed by atoms with Crippen LogP contribution in [0.3, 0.4) is 0 Å². The van der Waals surface area contributed by atoms with Crippen LogP contribution in [0, 0.1) is 0 Å². The van der Waals surface area contributed by atoms with Crippen molar-refractivity contribution in [1.29, 1.82) is 0 Å². The third kappa shape index (κ3) is 5.10. The molecule has 4 aliphatic rings. The summed E-state index contributed by atoms with van der Waals surface area (Å²) >= 11 is 0. The molecule has 44 heavy (non-hydrogen) atoms. The molecule has 7 bridgehead atoms. The maximum absolute atomic E-state index is 13.8. The zero-order valence-electron chi connectivity index (χ0n) is 24.8. The second kappa shape index (κ2) is 11.6. The summed E-state index contributed by atoms with van der Waals surface area (Å²) in [5.74, 6) is 0.166. The lowest BCUT2D eigenvalue weighted by Crippen LogP contribution is -2.58. The topological polar surface area (TPSA) is 110 Å². The first-order valence-corrected chi connectivity index (χ1v) is 15.3. The fourth-order valence-corrected chi connectivity index (χ4v) is 7.23. The molecule has 2 aromatic carbocycles. The van der Waals surface area contributed by atoms with Crippen molar-refractivity contribution in [3.8, 4) is 0 Å². The minimum absolute atomic E-state index is 0.0548. The summed E-state index contributed by atoms with van der Waals surface area (Å²) in [6.07, 6.45) is 7.15. The second-order valence-corrected chi connectivity index (χ2v) is 12.2. The molecule has 4 atom stereocenters. The molecule has 226 valence electrons.